The zero-order valence-electron chi connectivity index (χ0n) is 13.2. The van der Waals surface area contributed by atoms with Crippen LogP contribution in [0, 0.1) is 11.6 Å². The molecule has 0 amide bonds. The molecule has 0 aromatic heterocycles. The van der Waals surface area contributed by atoms with Crippen molar-refractivity contribution < 1.29 is 8.78 Å². The Balaban J connectivity index is 2.44. The number of nitrogens with zero attached hydrogens (tertiary/aromatic N) is 2. The molecular formula is C15H18F2N6S. The second kappa shape index (κ2) is 7.95. The fourth-order valence-corrected chi connectivity index (χ4v) is 2.58. The van der Waals surface area contributed by atoms with Crippen LogP contribution < -0.4 is 21.6 Å². The average molecular weight is 352 g/mol. The highest BCUT2D eigenvalue weighted by Crippen LogP contribution is 2.26. The van der Waals surface area contributed by atoms with Crippen molar-refractivity contribution >= 4 is 29.2 Å². The zero-order chi connectivity index (χ0) is 17.7. The predicted molar refractivity (Wildman–Crippen MR) is 93.7 cm³/mol. The van der Waals surface area contributed by atoms with Crippen molar-refractivity contribution in [2.24, 2.45) is 16.7 Å². The van der Waals surface area contributed by atoms with E-state index in [0.29, 0.717) is 11.3 Å². The summed E-state index contributed by atoms with van der Waals surface area (Å²) in [5.74, 6) is 4.31. The molecule has 2 aromatic carbocycles. The fraction of sp³-hybridized carbons (Fsp3) is 0.133. The number of amidine groups is 1. The number of hydrogen-bond donors (Lipinski definition) is 4. The molecule has 0 radical (unpaired) electrons. The van der Waals surface area contributed by atoms with E-state index in [9.17, 15) is 8.78 Å². The SMILES string of the molecule is CNSc1ccc(Nc2cc(F)cc(F)c2)c(/C(N)=N/N(C)N)c1. The smallest absolute Gasteiger partial charge is 0.154 e. The standard InChI is InChI=1S/C15H18F2N6S/c1-20-24-12-3-4-14(13(8-12)15(18)22-23(2)19)21-11-6-9(16)5-10(17)7-11/h3-8,20-21H,19H2,1-2H3,(H2,18,22). The van der Waals surface area contributed by atoms with E-state index in [4.69, 9.17) is 11.6 Å². The molecule has 128 valence electrons. The average Bonchev–Trinajstić information content (AvgIpc) is 2.47. The molecule has 0 unspecified atom stereocenters. The van der Waals surface area contributed by atoms with Gasteiger partial charge in [-0.2, -0.15) is 0 Å². The summed E-state index contributed by atoms with van der Waals surface area (Å²) in [6.45, 7) is 0. The molecule has 6 N–H and O–H groups in total. The Morgan fingerprint density at radius 3 is 2.42 bits per heavy atom. The van der Waals surface area contributed by atoms with Crippen molar-refractivity contribution in [2.75, 3.05) is 19.4 Å². The number of nitrogens with one attached hydrogen (secondary N) is 2. The van der Waals surface area contributed by atoms with Crippen molar-refractivity contribution in [1.82, 2.24) is 9.84 Å². The Morgan fingerprint density at radius 1 is 1.17 bits per heavy atom. The topological polar surface area (TPSA) is 91.7 Å². The van der Waals surface area contributed by atoms with E-state index in [1.807, 2.05) is 6.07 Å². The van der Waals surface area contributed by atoms with E-state index in [1.54, 1.807) is 19.2 Å². The lowest BCUT2D eigenvalue weighted by molar-refractivity contribution is 0.371. The Hall–Kier alpha value is -2.36. The van der Waals surface area contributed by atoms with Crippen LogP contribution in [0.25, 0.3) is 0 Å². The van der Waals surface area contributed by atoms with Crippen LogP contribution in [0.5, 0.6) is 0 Å². The summed E-state index contributed by atoms with van der Waals surface area (Å²) in [6, 6.07) is 8.55. The van der Waals surface area contributed by atoms with Gasteiger partial charge in [-0.25, -0.2) is 19.7 Å². The Morgan fingerprint density at radius 2 is 1.83 bits per heavy atom. The summed E-state index contributed by atoms with van der Waals surface area (Å²) < 4.78 is 29.7. The summed E-state index contributed by atoms with van der Waals surface area (Å²) in [5, 5.41) is 8.00. The lowest BCUT2D eigenvalue weighted by Gasteiger charge is -2.15. The van der Waals surface area contributed by atoms with Gasteiger partial charge in [-0.05, 0) is 49.3 Å². The molecule has 0 saturated heterocycles. The molecule has 0 aliphatic heterocycles. The molecule has 2 rings (SSSR count). The van der Waals surface area contributed by atoms with Crippen LogP contribution in [0.2, 0.25) is 0 Å². The lowest BCUT2D eigenvalue weighted by Crippen LogP contribution is -2.26. The van der Waals surface area contributed by atoms with Gasteiger partial charge in [0.05, 0.1) is 0 Å². The molecule has 2 aromatic rings. The van der Waals surface area contributed by atoms with E-state index in [-0.39, 0.29) is 11.5 Å². The van der Waals surface area contributed by atoms with Gasteiger partial charge in [-0.3, -0.25) is 4.72 Å². The van der Waals surface area contributed by atoms with Gasteiger partial charge in [0, 0.05) is 34.9 Å². The minimum atomic E-state index is -0.676. The quantitative estimate of drug-likeness (QED) is 0.210. The maximum atomic E-state index is 13.4. The van der Waals surface area contributed by atoms with Crippen molar-refractivity contribution in [2.45, 2.75) is 4.90 Å². The van der Waals surface area contributed by atoms with Crippen molar-refractivity contribution in [1.29, 1.82) is 0 Å². The largest absolute Gasteiger partial charge is 0.382 e. The third kappa shape index (κ3) is 4.82. The summed E-state index contributed by atoms with van der Waals surface area (Å²) in [7, 11) is 3.32. The lowest BCUT2D eigenvalue weighted by atomic mass is 10.1. The van der Waals surface area contributed by atoms with Crippen LogP contribution in [0.3, 0.4) is 0 Å². The van der Waals surface area contributed by atoms with Gasteiger partial charge in [0.15, 0.2) is 5.84 Å². The van der Waals surface area contributed by atoms with Gasteiger partial charge < -0.3 is 11.1 Å². The molecule has 0 spiro atoms. The van der Waals surface area contributed by atoms with Crippen LogP contribution >= 0.6 is 11.9 Å². The number of hydrazine groups is 1. The Labute approximate surface area is 143 Å². The number of rotatable bonds is 6. The van der Waals surface area contributed by atoms with Crippen LogP contribution in [-0.4, -0.2) is 25.0 Å². The third-order valence-corrected chi connectivity index (χ3v) is 3.59. The van der Waals surface area contributed by atoms with E-state index < -0.39 is 11.6 Å². The first-order chi connectivity index (χ1) is 11.4. The second-order valence-corrected chi connectivity index (χ2v) is 5.94. The molecule has 0 saturated carbocycles. The highest BCUT2D eigenvalue weighted by Gasteiger charge is 2.11. The third-order valence-electron chi connectivity index (χ3n) is 2.89. The molecule has 0 aliphatic carbocycles. The molecule has 0 aliphatic rings. The van der Waals surface area contributed by atoms with E-state index in [1.165, 1.54) is 31.1 Å². The summed E-state index contributed by atoms with van der Waals surface area (Å²) >= 11 is 1.39. The molecule has 0 fully saturated rings. The highest BCUT2D eigenvalue weighted by atomic mass is 32.2. The number of halogens is 2. The Bertz CT molecular complexity index is 730. The summed E-state index contributed by atoms with van der Waals surface area (Å²) in [4.78, 5) is 0.890. The predicted octanol–water partition coefficient (Wildman–Crippen LogP) is 2.36. The van der Waals surface area contributed by atoms with Crippen molar-refractivity contribution in [3.8, 4) is 0 Å². The molecular weight excluding hydrogens is 334 g/mol. The minimum absolute atomic E-state index is 0.165. The van der Waals surface area contributed by atoms with Crippen LogP contribution in [0.4, 0.5) is 20.2 Å². The van der Waals surface area contributed by atoms with Gasteiger partial charge >= 0.3 is 0 Å². The molecule has 24 heavy (non-hydrogen) atoms. The number of hydrogen-bond acceptors (Lipinski definition) is 6. The molecule has 0 atom stereocenters. The normalized spacial score (nSPS) is 11.5. The zero-order valence-corrected chi connectivity index (χ0v) is 14.0. The first-order valence-corrected chi connectivity index (χ1v) is 7.74. The maximum absolute atomic E-state index is 13.4. The summed E-state index contributed by atoms with van der Waals surface area (Å²) in [6.07, 6.45) is 0. The molecule has 6 nitrogen and oxygen atoms in total. The Kier molecular flexibility index (Phi) is 5.96. The van der Waals surface area contributed by atoms with E-state index in [2.05, 4.69) is 15.1 Å². The van der Waals surface area contributed by atoms with Gasteiger partial charge in [-0.15, -0.1) is 5.10 Å². The summed E-state index contributed by atoms with van der Waals surface area (Å²) in [5.41, 5.74) is 7.34. The van der Waals surface area contributed by atoms with Gasteiger partial charge in [0.1, 0.15) is 11.6 Å². The van der Waals surface area contributed by atoms with Crippen molar-refractivity contribution in [3.63, 3.8) is 0 Å². The van der Waals surface area contributed by atoms with Crippen LogP contribution in [0.15, 0.2) is 46.4 Å². The fourth-order valence-electron chi connectivity index (χ4n) is 2.03. The van der Waals surface area contributed by atoms with Gasteiger partial charge in [-0.1, -0.05) is 0 Å². The highest BCUT2D eigenvalue weighted by molar-refractivity contribution is 7.97. The second-order valence-electron chi connectivity index (χ2n) is 4.86. The first kappa shape index (κ1) is 18.0. The molecule has 0 heterocycles. The number of nitrogens with two attached hydrogens (primary N) is 2. The van der Waals surface area contributed by atoms with E-state index >= 15 is 0 Å². The number of anilines is 2. The monoisotopic (exact) mass is 352 g/mol. The van der Waals surface area contributed by atoms with Crippen LogP contribution in [0.1, 0.15) is 5.56 Å². The maximum Gasteiger partial charge on any atom is 0.154 e. The minimum Gasteiger partial charge on any atom is -0.382 e. The molecule has 9 heteroatoms. The van der Waals surface area contributed by atoms with Crippen LogP contribution in [-0.2, 0) is 0 Å². The van der Waals surface area contributed by atoms with Gasteiger partial charge in [0.25, 0.3) is 0 Å². The van der Waals surface area contributed by atoms with Crippen molar-refractivity contribution in [3.05, 3.63) is 53.6 Å². The number of benzene rings is 2. The number of hydrazone groups is 1. The van der Waals surface area contributed by atoms with Gasteiger partial charge in [0.2, 0.25) is 0 Å². The first-order valence-electron chi connectivity index (χ1n) is 6.92. The van der Waals surface area contributed by atoms with E-state index in [0.717, 1.165) is 16.1 Å². The molecule has 0 bridgehead atoms.